The van der Waals surface area contributed by atoms with E-state index in [1.54, 1.807) is 6.92 Å². The highest BCUT2D eigenvalue weighted by Gasteiger charge is 2.20. The van der Waals surface area contributed by atoms with E-state index in [4.69, 9.17) is 9.47 Å². The maximum Gasteiger partial charge on any atom is 0.407 e. The summed E-state index contributed by atoms with van der Waals surface area (Å²) >= 11 is 3.37. The molecule has 6 heteroatoms. The largest absolute Gasteiger partial charge is 0.466 e. The molecule has 0 heterocycles. The summed E-state index contributed by atoms with van der Waals surface area (Å²) in [5.41, 5.74) is 1.69. The lowest BCUT2D eigenvalue weighted by atomic mass is 10.0. The van der Waals surface area contributed by atoms with Crippen molar-refractivity contribution in [1.29, 1.82) is 0 Å². The van der Waals surface area contributed by atoms with Crippen molar-refractivity contribution in [2.75, 3.05) is 6.61 Å². The number of ether oxygens (including phenoxy) is 2. The van der Waals surface area contributed by atoms with Crippen LogP contribution in [0.4, 0.5) is 4.79 Å². The van der Waals surface area contributed by atoms with Crippen molar-refractivity contribution in [3.63, 3.8) is 0 Å². The van der Waals surface area contributed by atoms with Gasteiger partial charge in [0.2, 0.25) is 0 Å². The molecule has 0 saturated carbocycles. The van der Waals surface area contributed by atoms with E-state index < -0.39 is 12.1 Å². The van der Waals surface area contributed by atoms with Gasteiger partial charge >= 0.3 is 12.1 Å². The Labute approximate surface area is 155 Å². The number of hydrogen-bond acceptors (Lipinski definition) is 4. The average molecular weight is 406 g/mol. The first-order valence-electron chi connectivity index (χ1n) is 7.96. The van der Waals surface area contributed by atoms with E-state index in [1.807, 2.05) is 54.6 Å². The van der Waals surface area contributed by atoms with Gasteiger partial charge in [0.15, 0.2) is 0 Å². The van der Waals surface area contributed by atoms with E-state index in [2.05, 4.69) is 21.2 Å². The van der Waals surface area contributed by atoms with E-state index in [0.717, 1.165) is 15.6 Å². The average Bonchev–Trinajstić information content (AvgIpc) is 2.61. The molecule has 0 aromatic heterocycles. The fourth-order valence-corrected chi connectivity index (χ4v) is 2.51. The topological polar surface area (TPSA) is 64.6 Å². The smallest absolute Gasteiger partial charge is 0.407 e. The molecule has 0 aliphatic heterocycles. The number of hydrogen-bond donors (Lipinski definition) is 1. The maximum absolute atomic E-state index is 12.1. The molecule has 0 spiro atoms. The van der Waals surface area contributed by atoms with Crippen molar-refractivity contribution < 1.29 is 19.1 Å². The number of carbonyl (C=O) groups excluding carboxylic acids is 2. The highest BCUT2D eigenvalue weighted by atomic mass is 79.9. The van der Waals surface area contributed by atoms with Crippen LogP contribution in [0.3, 0.4) is 0 Å². The second-order valence-corrected chi connectivity index (χ2v) is 6.24. The van der Waals surface area contributed by atoms with Gasteiger partial charge in [0.1, 0.15) is 6.61 Å². The van der Waals surface area contributed by atoms with Crippen molar-refractivity contribution >= 4 is 28.0 Å². The number of amides is 1. The third-order valence-corrected chi connectivity index (χ3v) is 3.98. The first kappa shape index (κ1) is 19.0. The van der Waals surface area contributed by atoms with Crippen LogP contribution in [-0.2, 0) is 20.9 Å². The van der Waals surface area contributed by atoms with Crippen molar-refractivity contribution in [3.8, 4) is 0 Å². The van der Waals surface area contributed by atoms with Gasteiger partial charge in [-0.25, -0.2) is 4.79 Å². The summed E-state index contributed by atoms with van der Waals surface area (Å²) in [7, 11) is 0. The van der Waals surface area contributed by atoms with Gasteiger partial charge in [0.25, 0.3) is 0 Å². The Kier molecular flexibility index (Phi) is 7.47. The van der Waals surface area contributed by atoms with Crippen molar-refractivity contribution in [2.45, 2.75) is 26.0 Å². The number of alkyl carbamates (subject to hydrolysis) is 1. The van der Waals surface area contributed by atoms with Gasteiger partial charge in [-0.05, 0) is 30.2 Å². The lowest BCUT2D eigenvalue weighted by Gasteiger charge is -2.18. The number of nitrogens with one attached hydrogen (secondary N) is 1. The molecule has 0 aliphatic carbocycles. The molecule has 5 nitrogen and oxygen atoms in total. The van der Waals surface area contributed by atoms with E-state index in [9.17, 15) is 9.59 Å². The fraction of sp³-hybridized carbons (Fsp3) is 0.263. The lowest BCUT2D eigenvalue weighted by Crippen LogP contribution is -2.31. The van der Waals surface area contributed by atoms with Gasteiger partial charge in [-0.1, -0.05) is 58.4 Å². The Morgan fingerprint density at radius 3 is 2.36 bits per heavy atom. The second kappa shape index (κ2) is 9.84. The highest BCUT2D eigenvalue weighted by Crippen LogP contribution is 2.20. The van der Waals surface area contributed by atoms with Crippen LogP contribution in [0, 0.1) is 0 Å². The molecular weight excluding hydrogens is 386 g/mol. The highest BCUT2D eigenvalue weighted by molar-refractivity contribution is 9.10. The first-order valence-corrected chi connectivity index (χ1v) is 8.76. The van der Waals surface area contributed by atoms with Gasteiger partial charge in [0, 0.05) is 4.47 Å². The standard InChI is InChI=1S/C19H20BrNO4/c1-2-24-18(22)12-17(15-8-10-16(20)11-9-15)21-19(23)25-13-14-6-4-3-5-7-14/h3-11,17H,2,12-13H2,1H3,(H,21,23)/t17-/m1/s1. The normalized spacial score (nSPS) is 11.4. The molecule has 0 saturated heterocycles. The summed E-state index contributed by atoms with van der Waals surface area (Å²) < 4.78 is 11.1. The summed E-state index contributed by atoms with van der Waals surface area (Å²) in [6.45, 7) is 2.21. The summed E-state index contributed by atoms with van der Waals surface area (Å²) in [5, 5.41) is 2.74. The molecule has 0 aliphatic rings. The summed E-state index contributed by atoms with van der Waals surface area (Å²) in [6, 6.07) is 16.3. The lowest BCUT2D eigenvalue weighted by molar-refractivity contribution is -0.143. The SMILES string of the molecule is CCOC(=O)C[C@@H](NC(=O)OCc1ccccc1)c1ccc(Br)cc1. The molecule has 0 fully saturated rings. The first-order chi connectivity index (χ1) is 12.1. The fourth-order valence-electron chi connectivity index (χ4n) is 2.24. The molecule has 2 rings (SSSR count). The zero-order valence-electron chi connectivity index (χ0n) is 13.9. The van der Waals surface area contributed by atoms with Gasteiger partial charge in [-0.2, -0.15) is 0 Å². The molecule has 2 aromatic rings. The second-order valence-electron chi connectivity index (χ2n) is 5.32. The third kappa shape index (κ3) is 6.58. The van der Waals surface area contributed by atoms with Gasteiger partial charge in [0.05, 0.1) is 19.1 Å². The van der Waals surface area contributed by atoms with Crippen LogP contribution in [0.5, 0.6) is 0 Å². The Morgan fingerprint density at radius 2 is 1.72 bits per heavy atom. The van der Waals surface area contributed by atoms with Crippen LogP contribution in [-0.4, -0.2) is 18.7 Å². The molecule has 132 valence electrons. The summed E-state index contributed by atoms with van der Waals surface area (Å²) in [4.78, 5) is 23.9. The monoisotopic (exact) mass is 405 g/mol. The van der Waals surface area contributed by atoms with E-state index >= 15 is 0 Å². The third-order valence-electron chi connectivity index (χ3n) is 3.45. The Bertz CT molecular complexity index is 688. The summed E-state index contributed by atoms with van der Waals surface area (Å²) in [5.74, 6) is -0.376. The van der Waals surface area contributed by atoms with Crippen LogP contribution in [0.2, 0.25) is 0 Å². The number of carbonyl (C=O) groups is 2. The molecule has 1 amide bonds. The van der Waals surface area contributed by atoms with Crippen LogP contribution >= 0.6 is 15.9 Å². The Morgan fingerprint density at radius 1 is 1.04 bits per heavy atom. The van der Waals surface area contributed by atoms with Crippen LogP contribution in [0.25, 0.3) is 0 Å². The number of rotatable bonds is 7. The number of esters is 1. The molecule has 25 heavy (non-hydrogen) atoms. The predicted molar refractivity (Wildman–Crippen MR) is 97.9 cm³/mol. The minimum absolute atomic E-state index is 0.0376. The maximum atomic E-state index is 12.1. The quantitative estimate of drug-likeness (QED) is 0.694. The van der Waals surface area contributed by atoms with E-state index in [1.165, 1.54) is 0 Å². The summed E-state index contributed by atoms with van der Waals surface area (Å²) in [6.07, 6.45) is -0.545. The zero-order valence-corrected chi connectivity index (χ0v) is 15.5. The minimum Gasteiger partial charge on any atom is -0.466 e. The zero-order chi connectivity index (χ0) is 18.1. The van der Waals surface area contributed by atoms with E-state index in [0.29, 0.717) is 6.61 Å². The van der Waals surface area contributed by atoms with Gasteiger partial charge < -0.3 is 14.8 Å². The van der Waals surface area contributed by atoms with E-state index in [-0.39, 0.29) is 19.0 Å². The van der Waals surface area contributed by atoms with Crippen LogP contribution in [0.1, 0.15) is 30.5 Å². The molecule has 2 aromatic carbocycles. The van der Waals surface area contributed by atoms with Gasteiger partial charge in [-0.15, -0.1) is 0 Å². The molecular formula is C19H20BrNO4. The van der Waals surface area contributed by atoms with Crippen molar-refractivity contribution in [3.05, 3.63) is 70.2 Å². The number of halogens is 1. The molecule has 0 bridgehead atoms. The Balaban J connectivity index is 2.00. The van der Waals surface area contributed by atoms with Crippen molar-refractivity contribution in [2.24, 2.45) is 0 Å². The molecule has 1 atom stereocenters. The van der Waals surface area contributed by atoms with Crippen molar-refractivity contribution in [1.82, 2.24) is 5.32 Å². The number of benzene rings is 2. The minimum atomic E-state index is -0.582. The Hall–Kier alpha value is -2.34. The molecule has 1 N–H and O–H groups in total. The molecule has 0 unspecified atom stereocenters. The molecule has 0 radical (unpaired) electrons. The van der Waals surface area contributed by atoms with Gasteiger partial charge in [-0.3, -0.25) is 4.79 Å². The van der Waals surface area contributed by atoms with Crippen LogP contribution < -0.4 is 5.32 Å². The van der Waals surface area contributed by atoms with Crippen LogP contribution in [0.15, 0.2) is 59.1 Å². The predicted octanol–water partition coefficient (Wildman–Crippen LogP) is 4.37.